The first-order valence-corrected chi connectivity index (χ1v) is 5.21. The van der Waals surface area contributed by atoms with Crippen LogP contribution in [0.4, 0.5) is 5.69 Å². The molecule has 5 heteroatoms. The van der Waals surface area contributed by atoms with Crippen LogP contribution in [0.25, 0.3) is 0 Å². The topological polar surface area (TPSA) is 78.3 Å². The predicted octanol–water partition coefficient (Wildman–Crippen LogP) is 1.29. The molecule has 0 radical (unpaired) electrons. The summed E-state index contributed by atoms with van der Waals surface area (Å²) < 4.78 is 0. The molecule has 2 aromatic rings. The van der Waals surface area contributed by atoms with E-state index in [1.54, 1.807) is 36.8 Å². The second kappa shape index (κ2) is 5.27. The summed E-state index contributed by atoms with van der Waals surface area (Å²) in [5, 5.41) is 21.6. The van der Waals surface area contributed by atoms with Crippen LogP contribution < -0.4 is 5.32 Å². The van der Waals surface area contributed by atoms with E-state index in [0.717, 1.165) is 11.4 Å². The van der Waals surface area contributed by atoms with Crippen molar-refractivity contribution in [2.24, 2.45) is 0 Å². The highest BCUT2D eigenvalue weighted by molar-refractivity contribution is 5.51. The first-order valence-electron chi connectivity index (χ1n) is 5.21. The molecule has 0 bridgehead atoms. The molecule has 0 aliphatic rings. The Hall–Kier alpha value is -2.14. The third-order valence-electron chi connectivity index (χ3n) is 2.35. The molecule has 0 spiro atoms. The lowest BCUT2D eigenvalue weighted by atomic mass is 10.2. The minimum absolute atomic E-state index is 0.0802. The lowest BCUT2D eigenvalue weighted by molar-refractivity contribution is 0.275. The van der Waals surface area contributed by atoms with Crippen molar-refractivity contribution in [1.29, 1.82) is 0 Å². The second-order valence-electron chi connectivity index (χ2n) is 3.55. The second-order valence-corrected chi connectivity index (χ2v) is 3.55. The van der Waals surface area contributed by atoms with Gasteiger partial charge in [0, 0.05) is 29.7 Å². The fourth-order valence-corrected chi connectivity index (χ4v) is 1.42. The third-order valence-corrected chi connectivity index (χ3v) is 2.35. The molecule has 17 heavy (non-hydrogen) atoms. The molecule has 1 aromatic heterocycles. The van der Waals surface area contributed by atoms with Crippen molar-refractivity contribution in [2.75, 3.05) is 5.32 Å². The number of benzene rings is 1. The molecule has 0 aliphatic carbocycles. The minimum atomic E-state index is -0.170. The standard InChI is InChI=1S/C12H13N3O2/c16-8-9-1-2-10(5-12(9)17)15-7-11-6-13-3-4-14-11/h1-6,15-17H,7-8H2. The molecule has 0 saturated heterocycles. The molecule has 0 unspecified atom stereocenters. The Kier molecular flexibility index (Phi) is 3.52. The number of anilines is 1. The quantitative estimate of drug-likeness (QED) is 0.739. The fraction of sp³-hybridized carbons (Fsp3) is 0.167. The average Bonchev–Trinajstić information content (AvgIpc) is 2.38. The van der Waals surface area contributed by atoms with Crippen LogP contribution in [0, 0.1) is 0 Å². The van der Waals surface area contributed by atoms with E-state index in [4.69, 9.17) is 5.11 Å². The number of nitrogens with one attached hydrogen (secondary N) is 1. The number of aromatic nitrogens is 2. The number of hydrogen-bond donors (Lipinski definition) is 3. The lowest BCUT2D eigenvalue weighted by Gasteiger charge is -2.07. The first-order chi connectivity index (χ1) is 8.29. The van der Waals surface area contributed by atoms with Gasteiger partial charge in [-0.25, -0.2) is 0 Å². The van der Waals surface area contributed by atoms with E-state index in [2.05, 4.69) is 15.3 Å². The summed E-state index contributed by atoms with van der Waals surface area (Å²) in [4.78, 5) is 8.08. The van der Waals surface area contributed by atoms with Crippen LogP contribution in [0.15, 0.2) is 36.8 Å². The highest BCUT2D eigenvalue weighted by atomic mass is 16.3. The highest BCUT2D eigenvalue weighted by Crippen LogP contribution is 2.22. The summed E-state index contributed by atoms with van der Waals surface area (Å²) in [7, 11) is 0. The normalized spacial score (nSPS) is 10.2. The average molecular weight is 231 g/mol. The van der Waals surface area contributed by atoms with Crippen molar-refractivity contribution in [1.82, 2.24) is 9.97 Å². The van der Waals surface area contributed by atoms with Crippen molar-refractivity contribution < 1.29 is 10.2 Å². The molecule has 0 fully saturated rings. The number of aliphatic hydroxyl groups is 1. The Morgan fingerprint density at radius 2 is 2.12 bits per heavy atom. The van der Waals surface area contributed by atoms with Gasteiger partial charge in [-0.2, -0.15) is 0 Å². The Labute approximate surface area is 98.8 Å². The van der Waals surface area contributed by atoms with Gasteiger partial charge >= 0.3 is 0 Å². The summed E-state index contributed by atoms with van der Waals surface area (Å²) in [5.74, 6) is 0.0802. The Morgan fingerprint density at radius 1 is 1.24 bits per heavy atom. The highest BCUT2D eigenvalue weighted by Gasteiger charge is 2.01. The van der Waals surface area contributed by atoms with Crippen LogP contribution in [-0.4, -0.2) is 20.2 Å². The molecular formula is C12H13N3O2. The zero-order valence-electron chi connectivity index (χ0n) is 9.17. The van der Waals surface area contributed by atoms with Crippen LogP contribution in [0.1, 0.15) is 11.3 Å². The van der Waals surface area contributed by atoms with Gasteiger partial charge in [0.25, 0.3) is 0 Å². The van der Waals surface area contributed by atoms with Crippen LogP contribution >= 0.6 is 0 Å². The monoisotopic (exact) mass is 231 g/mol. The molecule has 3 N–H and O–H groups in total. The number of nitrogens with zero attached hydrogens (tertiary/aromatic N) is 2. The summed E-state index contributed by atoms with van der Waals surface area (Å²) >= 11 is 0. The largest absolute Gasteiger partial charge is 0.508 e. The van der Waals surface area contributed by atoms with Gasteiger partial charge in [0.15, 0.2) is 0 Å². The van der Waals surface area contributed by atoms with Crippen molar-refractivity contribution in [3.8, 4) is 5.75 Å². The van der Waals surface area contributed by atoms with Crippen LogP contribution in [-0.2, 0) is 13.2 Å². The molecule has 1 aromatic carbocycles. The van der Waals surface area contributed by atoms with Crippen LogP contribution in [0.5, 0.6) is 5.75 Å². The van der Waals surface area contributed by atoms with Gasteiger partial charge in [0.2, 0.25) is 0 Å². The van der Waals surface area contributed by atoms with Crippen LogP contribution in [0.3, 0.4) is 0 Å². The summed E-state index contributed by atoms with van der Waals surface area (Å²) in [5.41, 5.74) is 2.10. The summed E-state index contributed by atoms with van der Waals surface area (Å²) in [6.07, 6.45) is 4.92. The molecule has 2 rings (SSSR count). The maximum Gasteiger partial charge on any atom is 0.123 e. The molecule has 0 aliphatic heterocycles. The van der Waals surface area contributed by atoms with E-state index in [0.29, 0.717) is 12.1 Å². The zero-order chi connectivity index (χ0) is 12.1. The zero-order valence-corrected chi connectivity index (χ0v) is 9.17. The van der Waals surface area contributed by atoms with Gasteiger partial charge < -0.3 is 15.5 Å². The molecular weight excluding hydrogens is 218 g/mol. The number of rotatable bonds is 4. The van der Waals surface area contributed by atoms with Crippen molar-refractivity contribution >= 4 is 5.69 Å². The van der Waals surface area contributed by atoms with Gasteiger partial charge in [-0.1, -0.05) is 6.07 Å². The molecule has 0 saturated carbocycles. The first kappa shape index (κ1) is 11.3. The van der Waals surface area contributed by atoms with E-state index in [1.807, 2.05) is 0 Å². The molecule has 0 atom stereocenters. The smallest absolute Gasteiger partial charge is 0.123 e. The third kappa shape index (κ3) is 2.92. The maximum atomic E-state index is 9.56. The van der Waals surface area contributed by atoms with Crippen LogP contribution in [0.2, 0.25) is 0 Å². The lowest BCUT2D eigenvalue weighted by Crippen LogP contribution is -2.01. The van der Waals surface area contributed by atoms with Crippen molar-refractivity contribution in [3.63, 3.8) is 0 Å². The molecule has 0 amide bonds. The van der Waals surface area contributed by atoms with E-state index in [9.17, 15) is 5.11 Å². The van der Waals surface area contributed by atoms with E-state index in [1.165, 1.54) is 0 Å². The summed E-state index contributed by atoms with van der Waals surface area (Å²) in [6, 6.07) is 5.04. The van der Waals surface area contributed by atoms with E-state index in [-0.39, 0.29) is 12.4 Å². The van der Waals surface area contributed by atoms with Gasteiger partial charge in [-0.05, 0) is 6.07 Å². The number of aliphatic hydroxyl groups excluding tert-OH is 1. The van der Waals surface area contributed by atoms with E-state index >= 15 is 0 Å². The molecule has 1 heterocycles. The number of aromatic hydroxyl groups is 1. The minimum Gasteiger partial charge on any atom is -0.508 e. The Morgan fingerprint density at radius 3 is 2.76 bits per heavy atom. The number of hydrogen-bond acceptors (Lipinski definition) is 5. The van der Waals surface area contributed by atoms with E-state index < -0.39 is 0 Å². The summed E-state index contributed by atoms with van der Waals surface area (Å²) in [6.45, 7) is 0.363. The fourth-order valence-electron chi connectivity index (χ4n) is 1.42. The van der Waals surface area contributed by atoms with Gasteiger partial charge in [0.05, 0.1) is 25.0 Å². The van der Waals surface area contributed by atoms with Gasteiger partial charge in [0.1, 0.15) is 5.75 Å². The van der Waals surface area contributed by atoms with Gasteiger partial charge in [-0.3, -0.25) is 9.97 Å². The van der Waals surface area contributed by atoms with Crippen molar-refractivity contribution in [2.45, 2.75) is 13.2 Å². The molecule has 88 valence electrons. The maximum absolute atomic E-state index is 9.56. The Balaban J connectivity index is 2.02. The number of phenols is 1. The molecule has 5 nitrogen and oxygen atoms in total. The van der Waals surface area contributed by atoms with Crippen molar-refractivity contribution in [3.05, 3.63) is 48.0 Å². The van der Waals surface area contributed by atoms with Gasteiger partial charge in [-0.15, -0.1) is 0 Å². The Bertz CT molecular complexity index is 488. The predicted molar refractivity (Wildman–Crippen MR) is 63.4 cm³/mol. The SMILES string of the molecule is OCc1ccc(NCc2cnccn2)cc1O.